The van der Waals surface area contributed by atoms with E-state index in [2.05, 4.69) is 48.0 Å². The fraction of sp³-hybridized carbons (Fsp3) is 0.393. The maximum Gasteiger partial charge on any atom is 0.268 e. The van der Waals surface area contributed by atoms with E-state index in [0.29, 0.717) is 18.0 Å². The molecule has 0 saturated carbocycles. The Morgan fingerprint density at radius 1 is 0.970 bits per heavy atom. The molecule has 0 aliphatic heterocycles. The average Bonchev–Trinajstić information content (AvgIpc) is 3.10. The minimum atomic E-state index is 0.00929. The third-order valence-corrected chi connectivity index (χ3v) is 6.63. The van der Waals surface area contributed by atoms with Crippen LogP contribution in [0.15, 0.2) is 42.5 Å². The normalized spacial score (nSPS) is 12.8. The Bertz CT molecular complexity index is 1150. The van der Waals surface area contributed by atoms with Crippen LogP contribution in [0, 0.1) is 13.8 Å². The van der Waals surface area contributed by atoms with Crippen LogP contribution in [-0.2, 0) is 25.8 Å². The molecule has 0 atom stereocenters. The number of aromatic nitrogens is 1. The van der Waals surface area contributed by atoms with E-state index in [4.69, 9.17) is 9.47 Å². The maximum absolute atomic E-state index is 13.4. The zero-order valence-electron chi connectivity index (χ0n) is 20.2. The summed E-state index contributed by atoms with van der Waals surface area (Å²) in [6.45, 7) is 5.52. The molecular formula is C28H34N2O3. The van der Waals surface area contributed by atoms with Crippen LogP contribution in [0.4, 0.5) is 0 Å². The molecule has 1 aliphatic carbocycles. The summed E-state index contributed by atoms with van der Waals surface area (Å²) in [7, 11) is 3.27. The molecule has 1 heterocycles. The van der Waals surface area contributed by atoms with Crippen molar-refractivity contribution in [1.29, 1.82) is 0 Å². The SMILES string of the molecule is COc1ccc(CCNC(=O)c2c(C)c3c(n2Cc2cccc(C)c2)CCCC3)cc1OC. The van der Waals surface area contributed by atoms with Crippen molar-refractivity contribution >= 4 is 5.91 Å². The Morgan fingerprint density at radius 2 is 1.76 bits per heavy atom. The number of carbonyl (C=O) groups excluding carboxylic acids is 1. The van der Waals surface area contributed by atoms with Crippen molar-refractivity contribution in [2.24, 2.45) is 0 Å². The molecule has 33 heavy (non-hydrogen) atoms. The van der Waals surface area contributed by atoms with Gasteiger partial charge in [0.25, 0.3) is 5.91 Å². The number of rotatable bonds is 8. The fourth-order valence-electron chi connectivity index (χ4n) is 4.97. The summed E-state index contributed by atoms with van der Waals surface area (Å²) in [6, 6.07) is 14.5. The predicted octanol–water partition coefficient (Wildman–Crippen LogP) is 5.02. The van der Waals surface area contributed by atoms with E-state index >= 15 is 0 Å². The van der Waals surface area contributed by atoms with Crippen LogP contribution in [0.1, 0.15) is 56.8 Å². The molecular weight excluding hydrogens is 412 g/mol. The van der Waals surface area contributed by atoms with Crippen LogP contribution >= 0.6 is 0 Å². The summed E-state index contributed by atoms with van der Waals surface area (Å²) >= 11 is 0. The average molecular weight is 447 g/mol. The second-order valence-electron chi connectivity index (χ2n) is 8.88. The summed E-state index contributed by atoms with van der Waals surface area (Å²) in [6.07, 6.45) is 5.21. The molecule has 5 heteroatoms. The molecule has 0 fully saturated rings. The lowest BCUT2D eigenvalue weighted by Gasteiger charge is -2.17. The standard InChI is InChI=1S/C28H34N2O3/c1-19-8-7-9-22(16-19)18-30-24-11-6-5-10-23(24)20(2)27(30)28(31)29-15-14-21-12-13-25(32-3)26(17-21)33-4/h7-9,12-13,16-17H,5-6,10-11,14-15,18H2,1-4H3,(H,29,31). The molecule has 0 saturated heterocycles. The molecule has 0 unspecified atom stereocenters. The monoisotopic (exact) mass is 446 g/mol. The molecule has 1 aromatic heterocycles. The van der Waals surface area contributed by atoms with Gasteiger partial charge in [0.15, 0.2) is 11.5 Å². The van der Waals surface area contributed by atoms with Crippen molar-refractivity contribution in [2.45, 2.75) is 52.5 Å². The van der Waals surface area contributed by atoms with Crippen molar-refractivity contribution < 1.29 is 14.3 Å². The molecule has 1 amide bonds. The van der Waals surface area contributed by atoms with Crippen LogP contribution in [-0.4, -0.2) is 31.2 Å². The van der Waals surface area contributed by atoms with Gasteiger partial charge >= 0.3 is 0 Å². The number of hydrogen-bond acceptors (Lipinski definition) is 3. The van der Waals surface area contributed by atoms with E-state index in [1.807, 2.05) is 18.2 Å². The fourth-order valence-corrected chi connectivity index (χ4v) is 4.97. The first kappa shape index (κ1) is 23.0. The van der Waals surface area contributed by atoms with Crippen molar-refractivity contribution in [3.05, 3.63) is 81.7 Å². The molecule has 0 bridgehead atoms. The van der Waals surface area contributed by atoms with Crippen LogP contribution in [0.2, 0.25) is 0 Å². The minimum absolute atomic E-state index is 0.00929. The number of nitrogens with zero attached hydrogens (tertiary/aromatic N) is 1. The number of fused-ring (bicyclic) bond motifs is 1. The van der Waals surface area contributed by atoms with Gasteiger partial charge in [0.2, 0.25) is 0 Å². The van der Waals surface area contributed by atoms with Crippen LogP contribution in [0.25, 0.3) is 0 Å². The molecule has 3 aromatic rings. The lowest BCUT2D eigenvalue weighted by Crippen LogP contribution is -2.29. The van der Waals surface area contributed by atoms with Gasteiger partial charge in [-0.3, -0.25) is 4.79 Å². The molecule has 0 radical (unpaired) electrons. The minimum Gasteiger partial charge on any atom is -0.493 e. The Balaban J connectivity index is 1.54. The zero-order chi connectivity index (χ0) is 23.4. The molecule has 4 rings (SSSR count). The number of hydrogen-bond donors (Lipinski definition) is 1. The topological polar surface area (TPSA) is 52.5 Å². The summed E-state index contributed by atoms with van der Waals surface area (Å²) < 4.78 is 13.0. The molecule has 1 aliphatic rings. The van der Waals surface area contributed by atoms with Gasteiger partial charge in [0, 0.05) is 18.8 Å². The highest BCUT2D eigenvalue weighted by molar-refractivity contribution is 5.95. The Kier molecular flexibility index (Phi) is 7.07. The van der Waals surface area contributed by atoms with E-state index in [-0.39, 0.29) is 5.91 Å². The predicted molar refractivity (Wildman–Crippen MR) is 132 cm³/mol. The number of amides is 1. The summed E-state index contributed by atoms with van der Waals surface area (Å²) in [5.74, 6) is 1.42. The summed E-state index contributed by atoms with van der Waals surface area (Å²) in [5.41, 5.74) is 8.24. The Labute approximate surface area is 196 Å². The molecule has 2 aromatic carbocycles. The second kappa shape index (κ2) is 10.2. The first-order chi connectivity index (χ1) is 16.0. The third-order valence-electron chi connectivity index (χ3n) is 6.63. The highest BCUT2D eigenvalue weighted by Crippen LogP contribution is 2.31. The van der Waals surface area contributed by atoms with Gasteiger partial charge in [-0.2, -0.15) is 0 Å². The Morgan fingerprint density at radius 3 is 2.52 bits per heavy atom. The number of aryl methyl sites for hydroxylation is 1. The van der Waals surface area contributed by atoms with E-state index < -0.39 is 0 Å². The summed E-state index contributed by atoms with van der Waals surface area (Å²) in [5, 5.41) is 3.17. The number of methoxy groups -OCH3 is 2. The molecule has 174 valence electrons. The van der Waals surface area contributed by atoms with Crippen LogP contribution < -0.4 is 14.8 Å². The van der Waals surface area contributed by atoms with Gasteiger partial charge in [-0.25, -0.2) is 0 Å². The maximum atomic E-state index is 13.4. The number of benzene rings is 2. The van der Waals surface area contributed by atoms with Crippen molar-refractivity contribution in [3.8, 4) is 11.5 Å². The molecule has 5 nitrogen and oxygen atoms in total. The van der Waals surface area contributed by atoms with Gasteiger partial charge in [-0.1, -0.05) is 35.9 Å². The largest absolute Gasteiger partial charge is 0.493 e. The van der Waals surface area contributed by atoms with Crippen LogP contribution in [0.3, 0.4) is 0 Å². The van der Waals surface area contributed by atoms with Gasteiger partial charge in [-0.05, 0) is 80.3 Å². The van der Waals surface area contributed by atoms with Crippen LogP contribution in [0.5, 0.6) is 11.5 Å². The second-order valence-corrected chi connectivity index (χ2v) is 8.88. The lowest BCUT2D eigenvalue weighted by molar-refractivity contribution is 0.0944. The smallest absolute Gasteiger partial charge is 0.268 e. The quantitative estimate of drug-likeness (QED) is 0.529. The number of nitrogens with one attached hydrogen (secondary N) is 1. The zero-order valence-corrected chi connectivity index (χ0v) is 20.2. The highest BCUT2D eigenvalue weighted by Gasteiger charge is 2.26. The van der Waals surface area contributed by atoms with Crippen molar-refractivity contribution in [1.82, 2.24) is 9.88 Å². The summed E-state index contributed by atoms with van der Waals surface area (Å²) in [4.78, 5) is 13.4. The van der Waals surface area contributed by atoms with Crippen molar-refractivity contribution in [3.63, 3.8) is 0 Å². The van der Waals surface area contributed by atoms with Gasteiger partial charge in [0.05, 0.1) is 14.2 Å². The van der Waals surface area contributed by atoms with E-state index in [9.17, 15) is 4.79 Å². The van der Waals surface area contributed by atoms with Crippen molar-refractivity contribution in [2.75, 3.05) is 20.8 Å². The van der Waals surface area contributed by atoms with E-state index in [1.165, 1.54) is 35.2 Å². The van der Waals surface area contributed by atoms with E-state index in [0.717, 1.165) is 42.6 Å². The Hall–Kier alpha value is -3.21. The molecule has 0 spiro atoms. The lowest BCUT2D eigenvalue weighted by atomic mass is 9.95. The first-order valence-electron chi connectivity index (χ1n) is 11.8. The number of ether oxygens (including phenoxy) is 2. The van der Waals surface area contributed by atoms with E-state index in [1.54, 1.807) is 14.2 Å². The highest BCUT2D eigenvalue weighted by atomic mass is 16.5. The van der Waals surface area contributed by atoms with Gasteiger partial charge in [-0.15, -0.1) is 0 Å². The first-order valence-corrected chi connectivity index (χ1v) is 11.8. The molecule has 1 N–H and O–H groups in total. The third kappa shape index (κ3) is 4.92. The van der Waals surface area contributed by atoms with Gasteiger partial charge in [0.1, 0.15) is 5.69 Å². The van der Waals surface area contributed by atoms with Gasteiger partial charge < -0.3 is 19.4 Å². The number of carbonyl (C=O) groups is 1.